The number of para-hydroxylation sites is 3. The highest BCUT2D eigenvalue weighted by molar-refractivity contribution is 7.52. The second kappa shape index (κ2) is 36.4. The van der Waals surface area contributed by atoms with E-state index in [1.165, 1.54) is 75.0 Å². The highest BCUT2D eigenvalue weighted by Crippen LogP contribution is 2.56. The minimum absolute atomic E-state index is 0.0437. The number of morpholine rings is 6. The standard InChI is InChI=1S/C34H36F2N5O9P.2C32H28F2N4O7/c1-3-49-51(45,37-34(11-12-34)33(44)46-2)50-31-25(42)10-13-40-30(31)32(43)39-15-17-48-19-26(39)41(40)29-20-6-4-5-7-23(20)38-14-16-47-18-24(38)27-21(29)8-9-22(35)28(27)36;2*1-17-14-25(45-32(17)41)44-30-23(39)8-9-37-29(30)31(40)36-11-13-43-16-24(36)38(37)28-18-4-2-3-5-21(18)35-10-12-42-15-22(35)26-19(28)6-7-20(33)27(26)34/h4-10,13,24,26,29H,3,11-12,14-19H2,1-2H3,(H,37,45);2*2-9,14,22,24-25,28H,10-13,15-16H2,1H3/t24?,26-,29-,51?;22?,24-,25?,28-;/m11./s1. The fourth-order valence-corrected chi connectivity index (χ4v) is 23.5. The molecule has 9 aromatic rings. The number of carbonyl (C=O) groups excluding carboxylic acids is 6. The molecule has 3 amide bonds. The molecule has 7 fully saturated rings. The first-order valence-electron chi connectivity index (χ1n) is 46.2. The number of carbonyl (C=O) groups is 6. The Kier molecular flexibility index (Phi) is 23.8. The fourth-order valence-electron chi connectivity index (χ4n) is 21.7. The van der Waals surface area contributed by atoms with Crippen LogP contribution in [0.4, 0.5) is 43.4 Å². The zero-order valence-corrected chi connectivity index (χ0v) is 77.1. The van der Waals surface area contributed by atoms with E-state index in [1.54, 1.807) is 47.7 Å². The number of methoxy groups -OCH3 is 1. The maximum absolute atomic E-state index is 16.2. The second-order valence-corrected chi connectivity index (χ2v) is 37.6. The zero-order chi connectivity index (χ0) is 97.6. The average molecular weight is 1960 g/mol. The third kappa shape index (κ3) is 15.4. The maximum atomic E-state index is 16.2. The number of esters is 3. The molecule has 6 aromatic carbocycles. The first-order chi connectivity index (χ1) is 68.3. The summed E-state index contributed by atoms with van der Waals surface area (Å²) in [6.45, 7) is 9.02. The third-order valence-electron chi connectivity index (χ3n) is 28.2. The molecule has 1 saturated carbocycles. The molecular weight excluding hydrogens is 1870 g/mol. The van der Waals surface area contributed by atoms with Crippen LogP contribution in [-0.4, -0.2) is 233 Å². The molecule has 1 N–H and O–H groups in total. The van der Waals surface area contributed by atoms with Gasteiger partial charge in [-0.25, -0.2) is 40.5 Å². The van der Waals surface area contributed by atoms with Crippen LogP contribution in [0.25, 0.3) is 0 Å². The lowest BCUT2D eigenvalue weighted by atomic mass is 9.91. The molecule has 12 atom stereocenters. The summed E-state index contributed by atoms with van der Waals surface area (Å²) in [6.07, 6.45) is 3.21. The highest BCUT2D eigenvalue weighted by atomic mass is 31.2. The van der Waals surface area contributed by atoms with E-state index in [0.29, 0.717) is 67.3 Å². The number of ether oxygens (including phenoxy) is 11. The summed E-state index contributed by atoms with van der Waals surface area (Å²) in [7, 11) is -3.29. The normalized spacial score (nSPS) is 24.9. The summed E-state index contributed by atoms with van der Waals surface area (Å²) < 4.78 is 186. The Morgan fingerprint density at radius 3 is 1.06 bits per heavy atom. The number of nitrogens with one attached hydrogen (secondary N) is 1. The number of aromatic nitrogens is 3. The molecule has 0 radical (unpaired) electrons. The summed E-state index contributed by atoms with van der Waals surface area (Å²) in [4.78, 5) is 131. The van der Waals surface area contributed by atoms with Crippen molar-refractivity contribution in [3.63, 3.8) is 0 Å². The Labute approximate surface area is 799 Å². The van der Waals surface area contributed by atoms with Crippen molar-refractivity contribution in [2.24, 2.45) is 0 Å². The molecule has 3 aromatic heterocycles. The van der Waals surface area contributed by atoms with Gasteiger partial charge < -0.3 is 86.0 Å². The van der Waals surface area contributed by atoms with E-state index in [9.17, 15) is 56.5 Å². The van der Waals surface area contributed by atoms with Crippen LogP contribution in [0.1, 0.15) is 151 Å². The topological polar surface area (TPSA) is 347 Å². The van der Waals surface area contributed by atoms with Crippen LogP contribution in [0.5, 0.6) is 17.2 Å². The summed E-state index contributed by atoms with van der Waals surface area (Å²) in [5.74, 6) is -10.5. The van der Waals surface area contributed by atoms with E-state index in [-0.39, 0.29) is 144 Å². The van der Waals surface area contributed by atoms with Gasteiger partial charge in [0, 0.05) is 150 Å². The van der Waals surface area contributed by atoms with Gasteiger partial charge in [0.2, 0.25) is 33.5 Å². The number of cyclic esters (lactones) is 2. The van der Waals surface area contributed by atoms with Gasteiger partial charge >= 0.3 is 25.7 Å². The summed E-state index contributed by atoms with van der Waals surface area (Å²) in [6, 6.07) is 30.1. The van der Waals surface area contributed by atoms with E-state index < -0.39 is 173 Å². The predicted molar refractivity (Wildman–Crippen MR) is 486 cm³/mol. The Balaban J connectivity index is 0.000000122. The number of pyridine rings is 3. The molecule has 24 rings (SSSR count). The molecule has 734 valence electrons. The molecule has 15 aliphatic rings. The number of nitrogens with zero attached hydrogens (tertiary/aromatic N) is 12. The lowest BCUT2D eigenvalue weighted by molar-refractivity contribution is -0.149. The minimum atomic E-state index is -4.49. The summed E-state index contributed by atoms with van der Waals surface area (Å²) in [5.41, 5.74) is 3.38. The molecule has 141 heavy (non-hydrogen) atoms. The van der Waals surface area contributed by atoms with Crippen molar-refractivity contribution in [2.45, 2.75) is 106 Å². The first-order valence-corrected chi connectivity index (χ1v) is 47.8. The predicted octanol–water partition coefficient (Wildman–Crippen LogP) is 8.91. The molecule has 36 nitrogen and oxygen atoms in total. The second-order valence-electron chi connectivity index (χ2n) is 35.9. The van der Waals surface area contributed by atoms with E-state index in [4.69, 9.17) is 61.2 Å². The van der Waals surface area contributed by atoms with Crippen molar-refractivity contribution in [3.05, 3.63) is 302 Å². The van der Waals surface area contributed by atoms with Crippen molar-refractivity contribution in [1.82, 2.24) is 33.8 Å². The van der Waals surface area contributed by atoms with Crippen molar-refractivity contribution < 1.29 is 121 Å². The van der Waals surface area contributed by atoms with E-state index in [2.05, 4.69) is 5.09 Å². The van der Waals surface area contributed by atoms with Crippen molar-refractivity contribution >= 4 is 60.4 Å². The number of hydrogen-bond donors (Lipinski definition) is 1. The Bertz CT molecular complexity index is 6740. The van der Waals surface area contributed by atoms with Gasteiger partial charge in [0.05, 0.1) is 111 Å². The number of anilines is 3. The van der Waals surface area contributed by atoms with Gasteiger partial charge in [-0.1, -0.05) is 72.8 Å². The highest BCUT2D eigenvalue weighted by Gasteiger charge is 2.59. The van der Waals surface area contributed by atoms with Gasteiger partial charge in [-0.15, -0.1) is 0 Å². The molecule has 17 heterocycles. The quantitative estimate of drug-likeness (QED) is 0.0459. The van der Waals surface area contributed by atoms with Crippen molar-refractivity contribution in [1.29, 1.82) is 0 Å². The molecule has 6 saturated heterocycles. The minimum Gasteiger partial charge on any atom is -0.468 e. The van der Waals surface area contributed by atoms with Gasteiger partial charge in [-0.3, -0.25) is 67.1 Å². The van der Waals surface area contributed by atoms with Gasteiger partial charge in [0.15, 0.2) is 52.0 Å². The smallest absolute Gasteiger partial charge is 0.459 e. The van der Waals surface area contributed by atoms with Crippen molar-refractivity contribution in [3.8, 4) is 17.2 Å². The fraction of sp³-hybridized carbons (Fsp3) is 0.378. The monoisotopic (exact) mass is 1960 g/mol. The molecule has 43 heteroatoms. The van der Waals surface area contributed by atoms with Crippen LogP contribution in [-0.2, 0) is 66.1 Å². The van der Waals surface area contributed by atoms with Crippen molar-refractivity contribution in [2.75, 3.05) is 162 Å². The largest absolute Gasteiger partial charge is 0.468 e. The lowest BCUT2D eigenvalue weighted by Gasteiger charge is -2.51. The summed E-state index contributed by atoms with van der Waals surface area (Å²) >= 11 is 0. The zero-order valence-electron chi connectivity index (χ0n) is 76.2. The van der Waals surface area contributed by atoms with E-state index in [1.807, 2.05) is 97.5 Å². The summed E-state index contributed by atoms with van der Waals surface area (Å²) in [5, 5.41) is 8.17. The van der Waals surface area contributed by atoms with E-state index in [0.717, 1.165) is 58.0 Å². The number of hydrogen-bond acceptors (Lipinski definition) is 29. The Hall–Kier alpha value is -13.8. The van der Waals surface area contributed by atoms with Gasteiger partial charge in [-0.05, 0) is 86.7 Å². The van der Waals surface area contributed by atoms with Crippen LogP contribution in [0, 0.1) is 34.9 Å². The molecule has 14 aliphatic heterocycles. The number of halogens is 6. The number of amides is 3. The van der Waals surface area contributed by atoms with E-state index >= 15 is 17.6 Å². The molecule has 0 bridgehead atoms. The Morgan fingerprint density at radius 2 is 0.738 bits per heavy atom. The molecule has 1 aliphatic carbocycles. The van der Waals surface area contributed by atoms with Crippen LogP contribution in [0.15, 0.2) is 184 Å². The number of rotatable bonds is 14. The van der Waals surface area contributed by atoms with Crippen LogP contribution in [0.3, 0.4) is 0 Å². The SMILES string of the molecule is CC1=CC(Oc2c3n(ccc2=O)N(C2c4ccccc4N4CCOCC4c4c2ccc(F)c4F)C2COCCN2C3=O)OC1=O.CC1=CC(Oc2c3n(ccc2=O)N([C@@H]2c4ccccc4N4CCOCC4c4c2ccc(F)c4F)[C@@H]2COCCN2C3=O)OC1=O.CCOP(=O)(NC1(C(=O)OC)CC1)Oc1c2n(ccc1=O)N([C@@H]1c3ccccc3N3CCOCC3c3c1ccc(F)c3F)[C@@H]1COCCN1C2=O. The number of fused-ring (bicyclic) bond motifs is 21. The molecule has 8 unspecified atom stereocenters. The number of benzene rings is 6. The average Bonchev–Trinajstić information content (AvgIpc) is 1.70. The molecular formula is C98H92F6N13O23P. The van der Waals surface area contributed by atoms with Gasteiger partial charge in [0.25, 0.3) is 30.3 Å². The van der Waals surface area contributed by atoms with Gasteiger partial charge in [-0.2, -0.15) is 5.09 Å². The lowest BCUT2D eigenvalue weighted by Crippen LogP contribution is -2.66. The Morgan fingerprint density at radius 1 is 0.418 bits per heavy atom. The molecule has 0 spiro atoms. The van der Waals surface area contributed by atoms with Gasteiger partial charge in [0.1, 0.15) is 42.2 Å². The van der Waals surface area contributed by atoms with Crippen LogP contribution < -0.4 is 65.1 Å². The van der Waals surface area contributed by atoms with Crippen LogP contribution >= 0.6 is 7.75 Å². The first kappa shape index (κ1) is 92.2. The van der Waals surface area contributed by atoms with Crippen LogP contribution in [0.2, 0.25) is 0 Å². The maximum Gasteiger partial charge on any atom is 0.459 e. The third-order valence-corrected chi connectivity index (χ3v) is 29.9.